The summed E-state index contributed by atoms with van der Waals surface area (Å²) < 4.78 is 4.55. The second kappa shape index (κ2) is 7.19. The molecule has 94 valence electrons. The van der Waals surface area contributed by atoms with Gasteiger partial charge in [0.05, 0.1) is 19.4 Å². The van der Waals surface area contributed by atoms with E-state index in [0.717, 1.165) is 0 Å². The largest absolute Gasteiger partial charge is 0.463 e. The number of carbonyl (C=O) groups excluding carboxylic acids is 2. The van der Waals surface area contributed by atoms with Crippen molar-refractivity contribution in [1.29, 1.82) is 0 Å². The Hall–Kier alpha value is -1.14. The van der Waals surface area contributed by atoms with Crippen molar-refractivity contribution in [3.05, 3.63) is 0 Å². The van der Waals surface area contributed by atoms with Crippen LogP contribution >= 0.6 is 0 Å². The van der Waals surface area contributed by atoms with Gasteiger partial charge in [0.15, 0.2) is 0 Å². The summed E-state index contributed by atoms with van der Waals surface area (Å²) in [6, 6.07) is 0. The molecule has 0 amide bonds. The molecule has 16 heavy (non-hydrogen) atoms. The Balaban J connectivity index is 3.61. The van der Waals surface area contributed by atoms with E-state index < -0.39 is 17.5 Å². The Labute approximate surface area is 94.4 Å². The predicted molar refractivity (Wildman–Crippen MR) is 54.2 cm³/mol. The van der Waals surface area contributed by atoms with Crippen LogP contribution in [0.2, 0.25) is 0 Å². The van der Waals surface area contributed by atoms with Crippen LogP contribution in [0.5, 0.6) is 0 Å². The normalized spacial score (nSPS) is 11.0. The molecule has 0 rings (SSSR count). The van der Waals surface area contributed by atoms with Gasteiger partial charge in [0.1, 0.15) is 12.2 Å². The van der Waals surface area contributed by atoms with E-state index in [-0.39, 0.29) is 26.1 Å². The summed E-state index contributed by atoms with van der Waals surface area (Å²) in [5, 5.41) is 8.38. The number of esters is 1. The van der Waals surface area contributed by atoms with Gasteiger partial charge in [-0.2, -0.15) is 4.89 Å². The van der Waals surface area contributed by atoms with Crippen LogP contribution in [0.4, 0.5) is 0 Å². The maximum absolute atomic E-state index is 11.1. The Morgan fingerprint density at radius 2 is 1.69 bits per heavy atom. The molecule has 0 unspecified atom stereocenters. The van der Waals surface area contributed by atoms with Crippen molar-refractivity contribution >= 4 is 11.9 Å². The highest BCUT2D eigenvalue weighted by atomic mass is 17.2. The monoisotopic (exact) mass is 234 g/mol. The fourth-order valence-electron chi connectivity index (χ4n) is 0.649. The van der Waals surface area contributed by atoms with Crippen molar-refractivity contribution in [3.63, 3.8) is 0 Å². The minimum absolute atomic E-state index is 0.0631. The van der Waals surface area contributed by atoms with Gasteiger partial charge >= 0.3 is 11.9 Å². The lowest BCUT2D eigenvalue weighted by molar-refractivity contribution is -0.320. The minimum Gasteiger partial charge on any atom is -0.463 e. The zero-order valence-corrected chi connectivity index (χ0v) is 9.82. The summed E-state index contributed by atoms with van der Waals surface area (Å²) in [5.74, 6) is -1.18. The van der Waals surface area contributed by atoms with Crippen molar-refractivity contribution < 1.29 is 29.2 Å². The molecule has 0 radical (unpaired) electrons. The Bertz CT molecular complexity index is 230. The molecule has 0 aromatic heterocycles. The van der Waals surface area contributed by atoms with Gasteiger partial charge in [0.25, 0.3) is 0 Å². The second-order valence-corrected chi connectivity index (χ2v) is 4.10. The molecule has 6 heteroatoms. The van der Waals surface area contributed by atoms with Crippen LogP contribution in [-0.4, -0.2) is 35.9 Å². The first-order valence-corrected chi connectivity index (χ1v) is 5.00. The van der Waals surface area contributed by atoms with Crippen molar-refractivity contribution in [3.8, 4) is 0 Å². The van der Waals surface area contributed by atoms with Crippen LogP contribution in [0.1, 0.15) is 33.6 Å². The third-order valence-corrected chi connectivity index (χ3v) is 1.27. The van der Waals surface area contributed by atoms with Crippen molar-refractivity contribution in [1.82, 2.24) is 0 Å². The lowest BCUT2D eigenvalue weighted by Crippen LogP contribution is -2.22. The number of aliphatic hydroxyl groups excluding tert-OH is 1. The minimum atomic E-state index is -0.629. The number of carbonyl (C=O) groups is 2. The van der Waals surface area contributed by atoms with Gasteiger partial charge < -0.3 is 9.84 Å². The molecule has 6 nitrogen and oxygen atoms in total. The topological polar surface area (TPSA) is 82.1 Å². The van der Waals surface area contributed by atoms with Crippen molar-refractivity contribution in [2.24, 2.45) is 0 Å². The number of hydrogen-bond donors (Lipinski definition) is 1. The average Bonchev–Trinajstić information content (AvgIpc) is 2.19. The Kier molecular flexibility index (Phi) is 6.67. The van der Waals surface area contributed by atoms with E-state index in [1.54, 1.807) is 20.8 Å². The molecule has 1 N–H and O–H groups in total. The molecule has 0 bridgehead atoms. The molecule has 0 spiro atoms. The summed E-state index contributed by atoms with van der Waals surface area (Å²) in [5.41, 5.74) is -0.576. The molecular formula is C10H18O6. The van der Waals surface area contributed by atoms with Crippen molar-refractivity contribution in [2.75, 3.05) is 13.2 Å². The molecule has 0 saturated carbocycles. The first-order valence-electron chi connectivity index (χ1n) is 5.00. The number of hydrogen-bond acceptors (Lipinski definition) is 6. The number of ether oxygens (including phenoxy) is 1. The second-order valence-electron chi connectivity index (χ2n) is 4.10. The Morgan fingerprint density at radius 1 is 1.12 bits per heavy atom. The van der Waals surface area contributed by atoms with E-state index >= 15 is 0 Å². The van der Waals surface area contributed by atoms with E-state index in [1.807, 2.05) is 0 Å². The smallest absolute Gasteiger partial charge is 0.342 e. The summed E-state index contributed by atoms with van der Waals surface area (Å²) in [7, 11) is 0. The van der Waals surface area contributed by atoms with Gasteiger partial charge in [0, 0.05) is 0 Å². The number of rotatable bonds is 6. The molecular weight excluding hydrogens is 216 g/mol. The van der Waals surface area contributed by atoms with Gasteiger partial charge in [0.2, 0.25) is 0 Å². The molecule has 0 aliphatic rings. The Morgan fingerprint density at radius 3 is 2.19 bits per heavy atom. The average molecular weight is 234 g/mol. The summed E-state index contributed by atoms with van der Waals surface area (Å²) in [4.78, 5) is 31.2. The van der Waals surface area contributed by atoms with Crippen LogP contribution in [0.25, 0.3) is 0 Å². The molecule has 0 saturated heterocycles. The summed E-state index contributed by atoms with van der Waals surface area (Å²) in [6.45, 7) is 4.90. The highest BCUT2D eigenvalue weighted by molar-refractivity contribution is 5.77. The highest BCUT2D eigenvalue weighted by Crippen LogP contribution is 2.08. The van der Waals surface area contributed by atoms with Crippen LogP contribution in [0, 0.1) is 0 Å². The zero-order valence-electron chi connectivity index (χ0n) is 9.82. The quantitative estimate of drug-likeness (QED) is 0.411. The van der Waals surface area contributed by atoms with Crippen LogP contribution in [0.3, 0.4) is 0 Å². The van der Waals surface area contributed by atoms with Gasteiger partial charge in [-0.05, 0) is 20.8 Å². The molecule has 0 aliphatic heterocycles. The molecule has 0 atom stereocenters. The standard InChI is InChI=1S/C10H18O6/c1-10(2,3)16-15-9(13)5-4-8(12)14-7-6-11/h11H,4-7H2,1-3H3. The zero-order chi connectivity index (χ0) is 12.6. The van der Waals surface area contributed by atoms with E-state index in [9.17, 15) is 9.59 Å². The molecule has 0 aromatic carbocycles. The lowest BCUT2D eigenvalue weighted by atomic mass is 10.2. The van der Waals surface area contributed by atoms with Crippen LogP contribution in [0.15, 0.2) is 0 Å². The van der Waals surface area contributed by atoms with E-state index in [2.05, 4.69) is 9.62 Å². The maximum atomic E-state index is 11.1. The van der Waals surface area contributed by atoms with E-state index in [1.165, 1.54) is 0 Å². The molecule has 0 aliphatic carbocycles. The van der Waals surface area contributed by atoms with Gasteiger partial charge in [-0.15, -0.1) is 0 Å². The van der Waals surface area contributed by atoms with Gasteiger partial charge in [-0.25, -0.2) is 4.79 Å². The maximum Gasteiger partial charge on any atom is 0.342 e. The van der Waals surface area contributed by atoms with Gasteiger partial charge in [-0.3, -0.25) is 9.68 Å². The van der Waals surface area contributed by atoms with Crippen LogP contribution in [-0.2, 0) is 24.1 Å². The fourth-order valence-corrected chi connectivity index (χ4v) is 0.649. The predicted octanol–water partition coefficient (Wildman–Crippen LogP) is 0.575. The molecule has 0 aromatic rings. The third kappa shape index (κ3) is 9.42. The molecule has 0 heterocycles. The molecule has 0 fully saturated rings. The van der Waals surface area contributed by atoms with E-state index in [4.69, 9.17) is 9.99 Å². The number of aliphatic hydroxyl groups is 1. The highest BCUT2D eigenvalue weighted by Gasteiger charge is 2.16. The van der Waals surface area contributed by atoms with Gasteiger partial charge in [-0.1, -0.05) is 0 Å². The summed E-state index contributed by atoms with van der Waals surface area (Å²) >= 11 is 0. The lowest BCUT2D eigenvalue weighted by Gasteiger charge is -2.16. The SMILES string of the molecule is CC(C)(C)OOC(=O)CCC(=O)OCCO. The summed E-state index contributed by atoms with van der Waals surface area (Å²) in [6.07, 6.45) is -0.202. The van der Waals surface area contributed by atoms with Crippen molar-refractivity contribution in [2.45, 2.75) is 39.2 Å². The first kappa shape index (κ1) is 14.9. The van der Waals surface area contributed by atoms with Crippen LogP contribution < -0.4 is 0 Å². The third-order valence-electron chi connectivity index (χ3n) is 1.27. The van der Waals surface area contributed by atoms with E-state index in [0.29, 0.717) is 0 Å². The first-order chi connectivity index (χ1) is 7.35. The fraction of sp³-hybridized carbons (Fsp3) is 0.800.